The van der Waals surface area contributed by atoms with Crippen molar-refractivity contribution in [1.29, 1.82) is 0 Å². The number of nitrogens with one attached hydrogen (secondary N) is 2. The molecule has 6 atom stereocenters. The van der Waals surface area contributed by atoms with Gasteiger partial charge in [-0.1, -0.05) is 40.1 Å². The number of rotatable bonds is 11. The van der Waals surface area contributed by atoms with Crippen molar-refractivity contribution in [2.45, 2.75) is 103 Å². The number of carbonyl (C=O) groups is 6. The molecule has 8 rings (SSSR count). The molecule has 2 aromatic carbocycles. The maximum atomic E-state index is 13.8. The van der Waals surface area contributed by atoms with Gasteiger partial charge in [-0.3, -0.25) is 19.0 Å². The van der Waals surface area contributed by atoms with Crippen LogP contribution in [0.3, 0.4) is 0 Å². The van der Waals surface area contributed by atoms with Crippen molar-refractivity contribution in [2.24, 2.45) is 28.4 Å². The van der Waals surface area contributed by atoms with E-state index in [1.807, 2.05) is 0 Å². The van der Waals surface area contributed by atoms with Crippen LogP contribution in [0.4, 0.5) is 28.9 Å². The molecule has 17 heteroatoms. The van der Waals surface area contributed by atoms with Crippen LogP contribution in [-0.4, -0.2) is 80.4 Å². The second kappa shape index (κ2) is 18.9. The molecule has 2 aromatic heterocycles. The first kappa shape index (κ1) is 44.2. The number of aromatic nitrogens is 3. The number of piperidine rings is 2. The monoisotopic (exact) mass is 840 g/mol. The fourth-order valence-electron chi connectivity index (χ4n) is 8.01. The molecule has 0 radical (unpaired) electrons. The smallest absolute Gasteiger partial charge is 0.351 e. The van der Waals surface area contributed by atoms with Crippen LogP contribution < -0.4 is 26.8 Å². The molecule has 61 heavy (non-hydrogen) atoms. The quantitative estimate of drug-likeness (QED) is 0.0757. The van der Waals surface area contributed by atoms with Gasteiger partial charge in [0.1, 0.15) is 12.0 Å². The van der Waals surface area contributed by atoms with Crippen molar-refractivity contribution < 1.29 is 42.2 Å². The highest BCUT2D eigenvalue weighted by Crippen LogP contribution is 2.48. The van der Waals surface area contributed by atoms with Gasteiger partial charge in [0, 0.05) is 49.4 Å². The van der Waals surface area contributed by atoms with Gasteiger partial charge in [-0.05, 0) is 94.6 Å². The number of aldehydes is 1. The number of likely N-dealkylation sites (tertiary alicyclic amines) is 1. The Labute approximate surface area is 351 Å². The molecule has 4 aliphatic rings. The normalized spacial score (nSPS) is 21.6. The number of para-hydroxylation sites is 3. The molecule has 0 bridgehead atoms. The number of benzene rings is 2. The molecule has 0 spiro atoms. The third kappa shape index (κ3) is 10.3. The summed E-state index contributed by atoms with van der Waals surface area (Å²) in [5.41, 5.74) is 14.3. The van der Waals surface area contributed by atoms with Gasteiger partial charge < -0.3 is 27.0 Å². The van der Waals surface area contributed by atoms with E-state index in [-0.39, 0.29) is 60.6 Å². The number of imidazole rings is 1. The predicted octanol–water partition coefficient (Wildman–Crippen LogP) is 6.41. The fraction of sp³-hybridized carbons (Fsp3) is 0.409. The van der Waals surface area contributed by atoms with E-state index in [2.05, 4.69) is 15.7 Å². The van der Waals surface area contributed by atoms with Crippen LogP contribution in [0.5, 0.6) is 0 Å². The van der Waals surface area contributed by atoms with Gasteiger partial charge >= 0.3 is 18.1 Å². The number of Topliss-reactive ketones (excluding diaryl/α,β-unsaturated/α-hetero) is 2. The van der Waals surface area contributed by atoms with Crippen LogP contribution in [0.1, 0.15) is 79.1 Å². The van der Waals surface area contributed by atoms with Crippen LogP contribution in [0, 0.1) is 11.8 Å². The Hall–Kier alpha value is -6.36. The Kier molecular flexibility index (Phi) is 13.7. The summed E-state index contributed by atoms with van der Waals surface area (Å²) in [4.78, 5) is 72.2. The molecule has 15 nitrogen and oxygen atoms in total. The minimum absolute atomic E-state index is 0.0127. The summed E-state index contributed by atoms with van der Waals surface area (Å²) in [5.74, 6) is 0.706. The van der Waals surface area contributed by atoms with Crippen LogP contribution in [-0.2, 0) is 14.4 Å². The highest BCUT2D eigenvalue weighted by atomic mass is 19.1. The van der Waals surface area contributed by atoms with Crippen molar-refractivity contribution in [3.05, 3.63) is 83.9 Å². The molecule has 4 amide bonds. The van der Waals surface area contributed by atoms with Crippen molar-refractivity contribution >= 4 is 69.8 Å². The van der Waals surface area contributed by atoms with Crippen LogP contribution in [0.2, 0.25) is 0 Å². The maximum Gasteiger partial charge on any atom is 0.411 e. The van der Waals surface area contributed by atoms with Crippen LogP contribution in [0.25, 0.3) is 21.9 Å². The Morgan fingerprint density at radius 2 is 1.43 bits per heavy atom. The van der Waals surface area contributed by atoms with Gasteiger partial charge in [0.15, 0.2) is 17.6 Å². The zero-order chi connectivity index (χ0) is 44.1. The number of nitrogens with two attached hydrogens (primary N) is 2. The molecule has 6 N–H and O–H groups in total. The van der Waals surface area contributed by atoms with E-state index >= 15 is 0 Å². The number of nitrogens with zero attached hydrogens (tertiary/aromatic N) is 5. The van der Waals surface area contributed by atoms with E-state index in [0.29, 0.717) is 69.9 Å². The lowest BCUT2D eigenvalue weighted by atomic mass is 10.0. The van der Waals surface area contributed by atoms with E-state index in [4.69, 9.17) is 11.5 Å². The molecule has 4 fully saturated rings. The SMILES string of the molecule is CC(C)=C(F)CCC(=O)[C@@H]1C[C@H]2C[C@H]2N1.CC(C)=C(F)CCC(=O)[C@@H]1C[C@H]2C[C@H]2N1C(=O)Nc1cn(C(N)=O)c2ccccc12.NC(=O)n1c[n+](N=CC=O)c2ccccc21. The van der Waals surface area contributed by atoms with Gasteiger partial charge in [-0.25, -0.2) is 23.2 Å². The van der Waals surface area contributed by atoms with Crippen molar-refractivity contribution in [3.63, 3.8) is 0 Å². The lowest BCUT2D eigenvalue weighted by Crippen LogP contribution is -2.45. The number of anilines is 1. The van der Waals surface area contributed by atoms with Crippen LogP contribution in [0.15, 0.2) is 89.0 Å². The topological polar surface area (TPSA) is 208 Å². The Morgan fingerprint density at radius 3 is 2.03 bits per heavy atom. The van der Waals surface area contributed by atoms with E-state index < -0.39 is 18.1 Å². The summed E-state index contributed by atoms with van der Waals surface area (Å²) in [6.07, 6.45) is 9.02. The number of hydrogen-bond donors (Lipinski definition) is 4. The molecule has 4 heterocycles. The fourth-order valence-corrected chi connectivity index (χ4v) is 8.01. The predicted molar refractivity (Wildman–Crippen MR) is 226 cm³/mol. The van der Waals surface area contributed by atoms with E-state index in [0.717, 1.165) is 25.0 Å². The van der Waals surface area contributed by atoms with Gasteiger partial charge in [0.05, 0.1) is 34.9 Å². The second-order valence-electron chi connectivity index (χ2n) is 16.3. The van der Waals surface area contributed by atoms with E-state index in [1.54, 1.807) is 81.1 Å². The maximum absolute atomic E-state index is 13.8. The number of hydrogen-bond acceptors (Lipinski definition) is 8. The molecule has 0 unspecified atom stereocenters. The number of halogens is 2. The summed E-state index contributed by atoms with van der Waals surface area (Å²) >= 11 is 0. The number of allylic oxidation sites excluding steroid dienone is 4. The molecule has 4 aromatic rings. The molecular formula is C44H52F2N9O6+. The highest BCUT2D eigenvalue weighted by molar-refractivity contribution is 6.12. The van der Waals surface area contributed by atoms with Crippen molar-refractivity contribution in [1.82, 2.24) is 19.4 Å². The summed E-state index contributed by atoms with van der Waals surface area (Å²) in [6.45, 7) is 6.82. The minimum atomic E-state index is -0.649. The summed E-state index contributed by atoms with van der Waals surface area (Å²) < 4.78 is 30.9. The second-order valence-corrected chi connectivity index (χ2v) is 16.3. The highest BCUT2D eigenvalue weighted by Gasteiger charge is 2.56. The molecule has 2 saturated carbocycles. The van der Waals surface area contributed by atoms with Crippen LogP contribution >= 0.6 is 0 Å². The Morgan fingerprint density at radius 1 is 0.803 bits per heavy atom. The Balaban J connectivity index is 0.000000169. The van der Waals surface area contributed by atoms with E-state index in [1.165, 1.54) is 32.8 Å². The third-order valence-electron chi connectivity index (χ3n) is 11.5. The lowest BCUT2D eigenvalue weighted by Gasteiger charge is -2.26. The average molecular weight is 841 g/mol. The number of ketones is 2. The Bertz CT molecular complexity index is 2450. The average Bonchev–Trinajstić information content (AvgIpc) is 3.91. The summed E-state index contributed by atoms with van der Waals surface area (Å²) in [7, 11) is 0. The standard InChI is InChI=1S/C22H25FN4O3.C12H18FNO.C10H8N4O2/c1-12(2)15(23)7-8-20(28)19-10-13-9-18(13)27(19)22(30)25-16-11-26(21(24)29)17-6-4-3-5-14(16)17;1-7(2)9(13)3-4-12(15)11-6-8-5-10(8)14-11;11-10(16)13-7-14(12-5-6-15)9-4-2-1-3-8(9)13/h3-6,11,13,18-19H,7-10H2,1-2H3,(H2,24,29)(H,25,30);8,10-11,14H,3-6H2,1-2H3;1-7H,(H-,11,16)/p+1/t13-,18-,19+;8-,10-,11+;/m11./s1. The zero-order valence-electron chi connectivity index (χ0n) is 34.6. The van der Waals surface area contributed by atoms with Crippen molar-refractivity contribution in [3.8, 4) is 0 Å². The van der Waals surface area contributed by atoms with Crippen molar-refractivity contribution in [2.75, 3.05) is 5.32 Å². The number of carbonyl (C=O) groups excluding carboxylic acids is 6. The number of fused-ring (bicyclic) bond motifs is 4. The largest absolute Gasteiger partial charge is 0.411 e. The molecule has 2 saturated heterocycles. The number of urea groups is 1. The summed E-state index contributed by atoms with van der Waals surface area (Å²) in [5, 5.41) is 10.7. The molecule has 2 aliphatic heterocycles. The van der Waals surface area contributed by atoms with Gasteiger partial charge in [-0.15, -0.1) is 4.57 Å². The van der Waals surface area contributed by atoms with E-state index in [9.17, 15) is 37.5 Å². The molecular weight excluding hydrogens is 789 g/mol. The third-order valence-corrected chi connectivity index (χ3v) is 11.5. The zero-order valence-corrected chi connectivity index (χ0v) is 34.6. The number of amides is 4. The minimum Gasteiger partial charge on any atom is -0.351 e. The first-order chi connectivity index (χ1) is 29.1. The number of primary amides is 2. The molecule has 322 valence electrons. The first-order valence-electron chi connectivity index (χ1n) is 20.3. The van der Waals surface area contributed by atoms with Gasteiger partial charge in [-0.2, -0.15) is 0 Å². The summed E-state index contributed by atoms with van der Waals surface area (Å²) in [6, 6.07) is 12.7. The first-order valence-corrected chi connectivity index (χ1v) is 20.3. The molecule has 2 aliphatic carbocycles. The van der Waals surface area contributed by atoms with Gasteiger partial charge in [0.2, 0.25) is 5.52 Å². The van der Waals surface area contributed by atoms with Gasteiger partial charge in [0.25, 0.3) is 6.33 Å². The lowest BCUT2D eigenvalue weighted by molar-refractivity contribution is -0.652.